The molecule has 0 bridgehead atoms. The smallest absolute Gasteiger partial charge is 0.408 e. The van der Waals surface area contributed by atoms with E-state index in [0.29, 0.717) is 18.2 Å². The Labute approximate surface area is 250 Å². The lowest BCUT2D eigenvalue weighted by molar-refractivity contribution is -0.144. The third kappa shape index (κ3) is 15.9. The molecule has 0 aliphatic heterocycles. The highest BCUT2D eigenvalue weighted by Gasteiger charge is 2.26. The van der Waals surface area contributed by atoms with E-state index in [1.165, 1.54) is 6.92 Å². The van der Waals surface area contributed by atoms with Crippen LogP contribution in [-0.4, -0.2) is 79.0 Å². The van der Waals surface area contributed by atoms with Crippen LogP contribution >= 0.6 is 24.2 Å². The van der Waals surface area contributed by atoms with Crippen molar-refractivity contribution in [1.82, 2.24) is 21.3 Å². The molecule has 0 fully saturated rings. The van der Waals surface area contributed by atoms with Crippen LogP contribution in [0, 0.1) is 5.92 Å². The van der Waals surface area contributed by atoms with Crippen molar-refractivity contribution in [2.75, 3.05) is 26.0 Å². The molecule has 0 aliphatic rings. The molecule has 0 unspecified atom stereocenters. The number of carbonyl (C=O) groups excluding carboxylic acids is 6. The third-order valence-corrected chi connectivity index (χ3v) is 6.41. The van der Waals surface area contributed by atoms with E-state index in [1.54, 1.807) is 24.3 Å². The fraction of sp³-hybridized carbons (Fsp3) is 0.538. The fourth-order valence-corrected chi connectivity index (χ4v) is 4.10. The predicted octanol–water partition coefficient (Wildman–Crippen LogP) is 0.637. The van der Waals surface area contributed by atoms with Gasteiger partial charge >= 0.3 is 12.1 Å². The summed E-state index contributed by atoms with van der Waals surface area (Å²) in [5.74, 6) is -2.54. The first-order valence-electron chi connectivity index (χ1n) is 12.7. The standard InChI is InChI=1S/C26H39N5O8S.ClH/c1-16(2)12-19(30-21(32)10-11-27)23(34)28-13-22(33)31-20(24(35)38-4)15-40-25(36)17(3)29-26(37)39-14-18-8-6-5-7-9-18;/h5-9,16-17,19-20H,10-15,27H2,1-4H3,(H,28,34)(H,29,37)(H,30,32)(H,31,33);1H/t17-,19-,20-;/m0./s1. The summed E-state index contributed by atoms with van der Waals surface area (Å²) in [4.78, 5) is 73.6. The van der Waals surface area contributed by atoms with Crippen LogP contribution in [0.1, 0.15) is 39.2 Å². The van der Waals surface area contributed by atoms with Gasteiger partial charge in [-0.15, -0.1) is 12.4 Å². The second-order valence-corrected chi connectivity index (χ2v) is 10.2. The van der Waals surface area contributed by atoms with Crippen LogP contribution in [0.15, 0.2) is 30.3 Å². The maximum Gasteiger partial charge on any atom is 0.408 e. The summed E-state index contributed by atoms with van der Waals surface area (Å²) in [5.41, 5.74) is 6.16. The van der Waals surface area contributed by atoms with E-state index < -0.39 is 53.7 Å². The monoisotopic (exact) mass is 617 g/mol. The van der Waals surface area contributed by atoms with Gasteiger partial charge < -0.3 is 36.5 Å². The van der Waals surface area contributed by atoms with Gasteiger partial charge in [-0.25, -0.2) is 9.59 Å². The van der Waals surface area contributed by atoms with E-state index in [0.717, 1.165) is 12.7 Å². The fourth-order valence-electron chi connectivity index (χ4n) is 3.24. The molecule has 0 radical (unpaired) electrons. The van der Waals surface area contributed by atoms with Gasteiger partial charge in [0.25, 0.3) is 0 Å². The van der Waals surface area contributed by atoms with Gasteiger partial charge in [-0.2, -0.15) is 0 Å². The summed E-state index contributed by atoms with van der Waals surface area (Å²) in [6, 6.07) is 6.02. The molecule has 1 aromatic rings. The highest BCUT2D eigenvalue weighted by Crippen LogP contribution is 2.10. The molecule has 13 nitrogen and oxygen atoms in total. The first-order chi connectivity index (χ1) is 19.0. The molecular formula is C26H40ClN5O8S. The van der Waals surface area contributed by atoms with Crippen LogP contribution in [0.5, 0.6) is 0 Å². The molecule has 15 heteroatoms. The summed E-state index contributed by atoms with van der Waals surface area (Å²) >= 11 is 0.713. The van der Waals surface area contributed by atoms with Gasteiger partial charge in [-0.3, -0.25) is 19.2 Å². The lowest BCUT2D eigenvalue weighted by Gasteiger charge is -2.21. The number of hydrogen-bond acceptors (Lipinski definition) is 10. The summed E-state index contributed by atoms with van der Waals surface area (Å²) in [6.45, 7) is 4.91. The van der Waals surface area contributed by atoms with Crippen molar-refractivity contribution in [2.24, 2.45) is 11.7 Å². The highest BCUT2D eigenvalue weighted by molar-refractivity contribution is 8.13. The van der Waals surface area contributed by atoms with Crippen molar-refractivity contribution in [3.05, 3.63) is 35.9 Å². The maximum absolute atomic E-state index is 12.6. The Morgan fingerprint density at radius 1 is 0.927 bits per heavy atom. The van der Waals surface area contributed by atoms with E-state index >= 15 is 0 Å². The zero-order valence-electron chi connectivity index (χ0n) is 23.6. The lowest BCUT2D eigenvalue weighted by atomic mass is 10.0. The van der Waals surface area contributed by atoms with Crippen LogP contribution in [-0.2, 0) is 40.1 Å². The van der Waals surface area contributed by atoms with Gasteiger partial charge in [0, 0.05) is 18.7 Å². The van der Waals surface area contributed by atoms with Crippen molar-refractivity contribution >= 4 is 59.1 Å². The molecule has 0 saturated carbocycles. The van der Waals surface area contributed by atoms with E-state index in [2.05, 4.69) is 21.3 Å². The molecule has 0 saturated heterocycles. The SMILES string of the molecule is COC(=O)[C@H](CSC(=O)[C@H](C)NC(=O)OCc1ccccc1)NC(=O)CNC(=O)[C@H](CC(C)C)NC(=O)CCN.Cl. The number of halogens is 1. The first kappa shape index (κ1) is 37.6. The summed E-state index contributed by atoms with van der Waals surface area (Å²) in [6.07, 6.45) is -0.379. The van der Waals surface area contributed by atoms with Gasteiger partial charge in [0.2, 0.25) is 22.8 Å². The number of alkyl carbamates (subject to hydrolysis) is 1. The summed E-state index contributed by atoms with van der Waals surface area (Å²) in [5, 5.41) is 9.40. The lowest BCUT2D eigenvalue weighted by Crippen LogP contribution is -2.52. The number of ether oxygens (including phenoxy) is 2. The van der Waals surface area contributed by atoms with Crippen LogP contribution in [0.4, 0.5) is 4.79 Å². The van der Waals surface area contributed by atoms with Crippen molar-refractivity contribution in [3.63, 3.8) is 0 Å². The van der Waals surface area contributed by atoms with Crippen molar-refractivity contribution in [3.8, 4) is 0 Å². The Kier molecular flexibility index (Phi) is 18.8. The number of hydrogen-bond donors (Lipinski definition) is 5. The topological polar surface area (TPSA) is 195 Å². The minimum absolute atomic E-state index is 0. The number of esters is 1. The van der Waals surface area contributed by atoms with E-state index in [4.69, 9.17) is 15.2 Å². The Balaban J connectivity index is 0.0000160. The number of carbonyl (C=O) groups is 6. The third-order valence-electron chi connectivity index (χ3n) is 5.27. The maximum atomic E-state index is 12.6. The average molecular weight is 618 g/mol. The number of benzene rings is 1. The van der Waals surface area contributed by atoms with E-state index in [9.17, 15) is 28.8 Å². The molecule has 1 rings (SSSR count). The van der Waals surface area contributed by atoms with Crippen molar-refractivity contribution in [2.45, 2.75) is 58.3 Å². The van der Waals surface area contributed by atoms with Gasteiger partial charge in [-0.1, -0.05) is 55.9 Å². The minimum atomic E-state index is -1.20. The Bertz CT molecular complexity index is 1010. The van der Waals surface area contributed by atoms with Crippen LogP contribution in [0.25, 0.3) is 0 Å². The van der Waals surface area contributed by atoms with Crippen LogP contribution in [0.2, 0.25) is 0 Å². The highest BCUT2D eigenvalue weighted by atomic mass is 35.5. The van der Waals surface area contributed by atoms with Gasteiger partial charge in [0.1, 0.15) is 18.7 Å². The molecular weight excluding hydrogens is 578 g/mol. The minimum Gasteiger partial charge on any atom is -0.467 e. The number of nitrogens with two attached hydrogens (primary N) is 1. The van der Waals surface area contributed by atoms with Gasteiger partial charge in [0.15, 0.2) is 0 Å². The Hall–Kier alpha value is -3.36. The number of rotatable bonds is 16. The quantitative estimate of drug-likeness (QED) is 0.164. The molecule has 0 heterocycles. The van der Waals surface area contributed by atoms with Crippen LogP contribution < -0.4 is 27.0 Å². The Morgan fingerprint density at radius 2 is 1.56 bits per heavy atom. The van der Waals surface area contributed by atoms with Crippen LogP contribution in [0.3, 0.4) is 0 Å². The van der Waals surface area contributed by atoms with E-state index in [1.807, 2.05) is 19.9 Å². The predicted molar refractivity (Wildman–Crippen MR) is 156 cm³/mol. The molecule has 41 heavy (non-hydrogen) atoms. The molecule has 3 atom stereocenters. The zero-order valence-corrected chi connectivity index (χ0v) is 25.2. The van der Waals surface area contributed by atoms with Gasteiger partial charge in [-0.05, 0) is 24.8 Å². The molecule has 6 N–H and O–H groups in total. The molecule has 230 valence electrons. The molecule has 4 amide bonds. The zero-order chi connectivity index (χ0) is 30.1. The molecule has 1 aromatic carbocycles. The van der Waals surface area contributed by atoms with E-state index in [-0.39, 0.29) is 49.6 Å². The summed E-state index contributed by atoms with van der Waals surface area (Å²) < 4.78 is 9.80. The molecule has 0 aromatic heterocycles. The number of amides is 4. The second-order valence-electron chi connectivity index (χ2n) is 9.21. The van der Waals surface area contributed by atoms with Crippen molar-refractivity contribution < 1.29 is 38.2 Å². The number of thioether (sulfide) groups is 1. The largest absolute Gasteiger partial charge is 0.467 e. The number of nitrogens with one attached hydrogen (secondary N) is 4. The first-order valence-corrected chi connectivity index (χ1v) is 13.7. The molecule has 0 spiro atoms. The Morgan fingerprint density at radius 3 is 2.15 bits per heavy atom. The normalized spacial score (nSPS) is 12.5. The summed E-state index contributed by atoms with van der Waals surface area (Å²) in [7, 11) is 1.13. The second kappa shape index (κ2) is 20.5. The van der Waals surface area contributed by atoms with Crippen molar-refractivity contribution in [1.29, 1.82) is 0 Å². The molecule has 0 aliphatic carbocycles. The average Bonchev–Trinajstić information content (AvgIpc) is 2.92. The number of methoxy groups -OCH3 is 1. The van der Waals surface area contributed by atoms with Gasteiger partial charge in [0.05, 0.1) is 19.7 Å².